The zero-order chi connectivity index (χ0) is 25.2. The minimum atomic E-state index is -3.84. The Kier molecular flexibility index (Phi) is 7.22. The van der Waals surface area contributed by atoms with Crippen molar-refractivity contribution in [2.45, 2.75) is 51.3 Å². The lowest BCUT2D eigenvalue weighted by molar-refractivity contribution is -0.127. The van der Waals surface area contributed by atoms with Crippen LogP contribution in [-0.4, -0.2) is 65.0 Å². The van der Waals surface area contributed by atoms with Gasteiger partial charge in [-0.15, -0.1) is 5.10 Å². The molecule has 188 valence electrons. The van der Waals surface area contributed by atoms with Crippen LogP contribution in [0.3, 0.4) is 0 Å². The van der Waals surface area contributed by atoms with Gasteiger partial charge in [-0.2, -0.15) is 0 Å². The predicted octanol–water partition coefficient (Wildman–Crippen LogP) is 1.64. The highest BCUT2D eigenvalue weighted by molar-refractivity contribution is 7.89. The molecule has 0 unspecified atom stereocenters. The number of aromatic nitrogens is 4. The van der Waals surface area contributed by atoms with Crippen LogP contribution in [0.4, 0.5) is 0 Å². The van der Waals surface area contributed by atoms with Gasteiger partial charge in [-0.3, -0.25) is 9.59 Å². The van der Waals surface area contributed by atoms with Crippen molar-refractivity contribution >= 4 is 21.4 Å². The molecule has 1 aliphatic rings. The van der Waals surface area contributed by atoms with E-state index < -0.39 is 10.0 Å². The van der Waals surface area contributed by atoms with Crippen LogP contribution in [0.25, 0.3) is 16.9 Å². The van der Waals surface area contributed by atoms with Crippen molar-refractivity contribution < 1.29 is 17.9 Å². The molecule has 0 radical (unpaired) electrons. The van der Waals surface area contributed by atoms with Crippen LogP contribution in [0.1, 0.15) is 44.6 Å². The molecule has 1 saturated heterocycles. The first-order valence-corrected chi connectivity index (χ1v) is 13.3. The number of fused-ring (bicyclic) bond motifs is 1. The third-order valence-corrected chi connectivity index (χ3v) is 7.40. The number of hydrogen-bond acceptors (Lipinski definition) is 7. The van der Waals surface area contributed by atoms with Crippen molar-refractivity contribution in [2.75, 3.05) is 26.2 Å². The van der Waals surface area contributed by atoms with Crippen molar-refractivity contribution in [3.8, 4) is 17.1 Å². The summed E-state index contributed by atoms with van der Waals surface area (Å²) in [5.41, 5.74) is 0.906. The Bertz CT molecular complexity index is 1410. The number of nitrogens with zero attached hydrogens (tertiary/aromatic N) is 4. The van der Waals surface area contributed by atoms with Gasteiger partial charge < -0.3 is 14.6 Å². The number of benzene rings is 1. The number of nitrogens with one attached hydrogen (secondary N) is 2. The number of imidazole rings is 1. The fraction of sp³-hybridized carbons (Fsp3) is 0.478. The minimum Gasteiger partial charge on any atom is -0.493 e. The molecule has 0 aliphatic carbocycles. The van der Waals surface area contributed by atoms with E-state index in [1.54, 1.807) is 17.9 Å². The maximum atomic E-state index is 13.0. The molecule has 1 fully saturated rings. The van der Waals surface area contributed by atoms with Gasteiger partial charge in [-0.1, -0.05) is 6.92 Å². The predicted molar refractivity (Wildman–Crippen MR) is 130 cm³/mol. The molecule has 3 heterocycles. The van der Waals surface area contributed by atoms with Gasteiger partial charge in [-0.25, -0.2) is 22.6 Å². The summed E-state index contributed by atoms with van der Waals surface area (Å²) in [5, 5.41) is 4.56. The number of sulfonamides is 1. The Morgan fingerprint density at radius 1 is 1.23 bits per heavy atom. The molecular formula is C23H30N6O5S. The number of H-pyrrole nitrogens is 1. The fourth-order valence-electron chi connectivity index (χ4n) is 4.23. The van der Waals surface area contributed by atoms with E-state index in [0.717, 1.165) is 13.0 Å². The molecule has 0 bridgehead atoms. The molecule has 12 heteroatoms. The largest absolute Gasteiger partial charge is 0.493 e. The summed E-state index contributed by atoms with van der Waals surface area (Å²) >= 11 is 0. The zero-order valence-electron chi connectivity index (χ0n) is 20.1. The van der Waals surface area contributed by atoms with Crippen molar-refractivity contribution in [1.82, 2.24) is 29.2 Å². The van der Waals surface area contributed by atoms with Gasteiger partial charge in [0.2, 0.25) is 15.9 Å². The van der Waals surface area contributed by atoms with Crippen molar-refractivity contribution in [3.05, 3.63) is 40.1 Å². The Labute approximate surface area is 203 Å². The monoisotopic (exact) mass is 502 g/mol. The molecule has 11 nitrogen and oxygen atoms in total. The Morgan fingerprint density at radius 3 is 2.71 bits per heavy atom. The summed E-state index contributed by atoms with van der Waals surface area (Å²) < 4.78 is 35.8. The first-order chi connectivity index (χ1) is 16.7. The van der Waals surface area contributed by atoms with E-state index in [4.69, 9.17) is 4.74 Å². The number of carbonyl (C=O) groups excluding carboxylic acids is 1. The number of rotatable bonds is 10. The lowest BCUT2D eigenvalue weighted by atomic mass is 10.2. The van der Waals surface area contributed by atoms with Gasteiger partial charge >= 0.3 is 0 Å². The first-order valence-electron chi connectivity index (χ1n) is 11.8. The fourth-order valence-corrected chi connectivity index (χ4v) is 5.33. The number of ether oxygens (including phenoxy) is 1. The van der Waals surface area contributed by atoms with E-state index in [1.807, 2.05) is 13.8 Å². The minimum absolute atomic E-state index is 0.0217. The second-order valence-corrected chi connectivity index (χ2v) is 10.1. The zero-order valence-corrected chi connectivity index (χ0v) is 20.9. The van der Waals surface area contributed by atoms with Crippen molar-refractivity contribution in [3.63, 3.8) is 0 Å². The Morgan fingerprint density at radius 2 is 2.03 bits per heavy atom. The van der Waals surface area contributed by atoms with Crippen LogP contribution >= 0.6 is 0 Å². The van der Waals surface area contributed by atoms with Crippen LogP contribution in [-0.2, 0) is 21.2 Å². The number of aryl methyl sites for hydroxylation is 2. The van der Waals surface area contributed by atoms with Gasteiger partial charge in [0.15, 0.2) is 11.3 Å². The average molecular weight is 503 g/mol. The molecular weight excluding hydrogens is 472 g/mol. The summed E-state index contributed by atoms with van der Waals surface area (Å²) in [7, 11) is -3.84. The number of aromatic amines is 1. The summed E-state index contributed by atoms with van der Waals surface area (Å²) in [5.74, 6) is 1.32. The highest BCUT2D eigenvalue weighted by atomic mass is 32.2. The quantitative estimate of drug-likeness (QED) is 0.402. The van der Waals surface area contributed by atoms with Gasteiger partial charge in [-0.05, 0) is 44.9 Å². The summed E-state index contributed by atoms with van der Waals surface area (Å²) in [4.78, 5) is 33.5. The third kappa shape index (κ3) is 5.08. The lowest BCUT2D eigenvalue weighted by Gasteiger charge is -2.16. The SMILES string of the molecule is CCOc1ccc(S(=O)(=O)NCCCN2CCCC2=O)cc1-c1nn2c(CC)nc(C)c2c(=O)[nH]1. The van der Waals surface area contributed by atoms with Crippen LogP contribution in [0.5, 0.6) is 5.75 Å². The maximum absolute atomic E-state index is 13.0. The van der Waals surface area contributed by atoms with E-state index >= 15 is 0 Å². The van der Waals surface area contributed by atoms with Crippen LogP contribution in [0.2, 0.25) is 0 Å². The number of likely N-dealkylation sites (tertiary alicyclic amines) is 1. The summed E-state index contributed by atoms with van der Waals surface area (Å²) in [6, 6.07) is 4.45. The van der Waals surface area contributed by atoms with Gasteiger partial charge in [0.1, 0.15) is 11.6 Å². The van der Waals surface area contributed by atoms with Crippen molar-refractivity contribution in [2.24, 2.45) is 0 Å². The van der Waals surface area contributed by atoms with Crippen LogP contribution < -0.4 is 15.0 Å². The molecule has 2 aromatic heterocycles. The van der Waals surface area contributed by atoms with Crippen LogP contribution in [0.15, 0.2) is 27.9 Å². The Hall–Kier alpha value is -3.25. The highest BCUT2D eigenvalue weighted by Crippen LogP contribution is 2.30. The molecule has 1 aliphatic heterocycles. The van der Waals surface area contributed by atoms with Crippen LogP contribution in [0, 0.1) is 6.92 Å². The smallest absolute Gasteiger partial charge is 0.277 e. The normalized spacial score (nSPS) is 14.3. The molecule has 35 heavy (non-hydrogen) atoms. The summed E-state index contributed by atoms with van der Waals surface area (Å²) in [6.07, 6.45) is 2.49. The highest BCUT2D eigenvalue weighted by Gasteiger charge is 2.22. The van der Waals surface area contributed by atoms with Gasteiger partial charge in [0, 0.05) is 32.5 Å². The number of hydrogen-bond donors (Lipinski definition) is 2. The molecule has 2 N–H and O–H groups in total. The van der Waals surface area contributed by atoms with E-state index in [1.165, 1.54) is 16.6 Å². The molecule has 0 atom stereocenters. The molecule has 0 saturated carbocycles. The molecule has 4 rings (SSSR count). The topological polar surface area (TPSA) is 139 Å². The molecule has 3 aromatic rings. The lowest BCUT2D eigenvalue weighted by Crippen LogP contribution is -2.30. The van der Waals surface area contributed by atoms with Gasteiger partial charge in [0.25, 0.3) is 5.56 Å². The summed E-state index contributed by atoms with van der Waals surface area (Å²) in [6.45, 7) is 7.27. The van der Waals surface area contributed by atoms with E-state index in [9.17, 15) is 18.0 Å². The molecule has 0 spiro atoms. The second-order valence-electron chi connectivity index (χ2n) is 8.36. The average Bonchev–Trinajstić information content (AvgIpc) is 3.39. The second kappa shape index (κ2) is 10.2. The number of amides is 1. The number of carbonyl (C=O) groups is 1. The Balaban J connectivity index is 1.63. The standard InChI is InChI=1S/C23H30N6O5S/c1-4-19-25-15(3)21-23(31)26-22(27-29(19)21)17-14-16(9-10-18(17)34-5-2)35(32,33)24-11-7-13-28-12-6-8-20(28)30/h9-10,14,24H,4-8,11-13H2,1-3H3,(H,26,27,31). The van der Waals surface area contributed by atoms with E-state index in [2.05, 4.69) is 19.8 Å². The van der Waals surface area contributed by atoms with E-state index in [0.29, 0.717) is 60.8 Å². The van der Waals surface area contributed by atoms with Gasteiger partial charge in [0.05, 0.1) is 22.8 Å². The molecule has 1 amide bonds. The maximum Gasteiger partial charge on any atom is 0.277 e. The first kappa shape index (κ1) is 24.9. The van der Waals surface area contributed by atoms with E-state index in [-0.39, 0.29) is 28.7 Å². The molecule has 1 aromatic carbocycles. The third-order valence-electron chi connectivity index (χ3n) is 5.94. The van der Waals surface area contributed by atoms with Crippen molar-refractivity contribution in [1.29, 1.82) is 0 Å².